The van der Waals surface area contributed by atoms with Gasteiger partial charge in [-0.25, -0.2) is 4.79 Å². The van der Waals surface area contributed by atoms with Crippen LogP contribution in [-0.4, -0.2) is 30.9 Å². The number of non-ortho nitro benzene ring substituents is 1. The molecule has 0 heterocycles. The van der Waals surface area contributed by atoms with Crippen LogP contribution in [-0.2, 0) is 0 Å². The first kappa shape index (κ1) is 17.9. The Kier molecular flexibility index (Phi) is 5.33. The Bertz CT molecular complexity index is 828. The van der Waals surface area contributed by atoms with E-state index in [1.54, 1.807) is 0 Å². The van der Waals surface area contributed by atoms with Gasteiger partial charge in [0.05, 0.1) is 30.3 Å². The topological polar surface area (TPSA) is 105 Å². The third kappa shape index (κ3) is 3.74. The SMILES string of the molecule is COc1ccc(C(C)=O)c(OC)c1OC(=O)c1ccc([N+](=O)[O-])cc1. The molecule has 0 aromatic heterocycles. The second kappa shape index (κ2) is 7.43. The summed E-state index contributed by atoms with van der Waals surface area (Å²) >= 11 is 0. The zero-order chi connectivity index (χ0) is 18.6. The van der Waals surface area contributed by atoms with Gasteiger partial charge < -0.3 is 14.2 Å². The molecule has 0 bridgehead atoms. The van der Waals surface area contributed by atoms with Crippen LogP contribution in [0.15, 0.2) is 36.4 Å². The summed E-state index contributed by atoms with van der Waals surface area (Å²) in [4.78, 5) is 34.1. The van der Waals surface area contributed by atoms with E-state index < -0.39 is 10.9 Å². The molecule has 2 aromatic carbocycles. The van der Waals surface area contributed by atoms with Crippen molar-refractivity contribution in [2.75, 3.05) is 14.2 Å². The molecule has 0 aliphatic carbocycles. The van der Waals surface area contributed by atoms with Crippen LogP contribution >= 0.6 is 0 Å². The van der Waals surface area contributed by atoms with Crippen molar-refractivity contribution in [2.24, 2.45) is 0 Å². The van der Waals surface area contributed by atoms with Gasteiger partial charge in [0.25, 0.3) is 5.69 Å². The number of ether oxygens (including phenoxy) is 3. The van der Waals surface area contributed by atoms with Crippen molar-refractivity contribution >= 4 is 17.4 Å². The number of rotatable bonds is 6. The predicted molar refractivity (Wildman–Crippen MR) is 87.6 cm³/mol. The molecule has 0 saturated carbocycles. The van der Waals surface area contributed by atoms with E-state index in [2.05, 4.69) is 0 Å². The van der Waals surface area contributed by atoms with E-state index in [9.17, 15) is 19.7 Å². The molecule has 0 spiro atoms. The Hall–Kier alpha value is -3.42. The lowest BCUT2D eigenvalue weighted by atomic mass is 10.1. The van der Waals surface area contributed by atoms with Crippen LogP contribution in [0.4, 0.5) is 5.69 Å². The van der Waals surface area contributed by atoms with Gasteiger partial charge >= 0.3 is 5.97 Å². The summed E-state index contributed by atoms with van der Waals surface area (Å²) < 4.78 is 15.7. The summed E-state index contributed by atoms with van der Waals surface area (Å²) in [5, 5.41) is 10.7. The first-order valence-electron chi connectivity index (χ1n) is 7.11. The van der Waals surface area contributed by atoms with Crippen LogP contribution < -0.4 is 14.2 Å². The molecular weight excluding hydrogens is 330 g/mol. The van der Waals surface area contributed by atoms with E-state index >= 15 is 0 Å². The highest BCUT2D eigenvalue weighted by Gasteiger charge is 2.22. The van der Waals surface area contributed by atoms with Crippen LogP contribution in [0, 0.1) is 10.1 Å². The van der Waals surface area contributed by atoms with Crippen molar-refractivity contribution in [3.05, 3.63) is 57.6 Å². The highest BCUT2D eigenvalue weighted by Crippen LogP contribution is 2.40. The lowest BCUT2D eigenvalue weighted by Crippen LogP contribution is -2.11. The van der Waals surface area contributed by atoms with Crippen LogP contribution in [0.3, 0.4) is 0 Å². The molecule has 0 radical (unpaired) electrons. The van der Waals surface area contributed by atoms with Gasteiger partial charge in [-0.15, -0.1) is 0 Å². The molecule has 8 nitrogen and oxygen atoms in total. The summed E-state index contributed by atoms with van der Waals surface area (Å²) in [5.41, 5.74) is 0.183. The van der Waals surface area contributed by atoms with Crippen LogP contribution in [0.25, 0.3) is 0 Å². The second-order valence-corrected chi connectivity index (χ2v) is 4.93. The second-order valence-electron chi connectivity index (χ2n) is 4.93. The van der Waals surface area contributed by atoms with Gasteiger partial charge in [-0.2, -0.15) is 0 Å². The average molecular weight is 345 g/mol. The van der Waals surface area contributed by atoms with Crippen molar-refractivity contribution in [2.45, 2.75) is 6.92 Å². The van der Waals surface area contributed by atoms with E-state index in [1.807, 2.05) is 0 Å². The van der Waals surface area contributed by atoms with Crippen molar-refractivity contribution in [3.8, 4) is 17.2 Å². The molecule has 0 saturated heterocycles. The minimum Gasteiger partial charge on any atom is -0.493 e. The molecule has 0 amide bonds. The number of ketones is 1. The molecule has 25 heavy (non-hydrogen) atoms. The molecule has 0 aliphatic rings. The maximum atomic E-state index is 12.3. The van der Waals surface area contributed by atoms with Crippen LogP contribution in [0.1, 0.15) is 27.6 Å². The number of carbonyl (C=O) groups excluding carboxylic acids is 2. The van der Waals surface area contributed by atoms with Gasteiger partial charge in [-0.1, -0.05) is 0 Å². The van der Waals surface area contributed by atoms with Gasteiger partial charge in [0, 0.05) is 12.1 Å². The van der Waals surface area contributed by atoms with E-state index in [0.29, 0.717) is 0 Å². The normalized spacial score (nSPS) is 10.0. The lowest BCUT2D eigenvalue weighted by Gasteiger charge is -2.15. The number of esters is 1. The molecule has 0 atom stereocenters. The number of hydrogen-bond acceptors (Lipinski definition) is 7. The van der Waals surface area contributed by atoms with E-state index in [1.165, 1.54) is 57.5 Å². The number of carbonyl (C=O) groups is 2. The summed E-state index contributed by atoms with van der Waals surface area (Å²) in [5.74, 6) is -0.806. The summed E-state index contributed by atoms with van der Waals surface area (Å²) in [6, 6.07) is 7.91. The fraction of sp³-hybridized carbons (Fsp3) is 0.176. The first-order valence-corrected chi connectivity index (χ1v) is 7.11. The largest absolute Gasteiger partial charge is 0.493 e. The van der Waals surface area contributed by atoms with Crippen LogP contribution in [0.5, 0.6) is 17.2 Å². The van der Waals surface area contributed by atoms with Crippen molar-refractivity contribution in [1.82, 2.24) is 0 Å². The number of hydrogen-bond donors (Lipinski definition) is 0. The smallest absolute Gasteiger partial charge is 0.343 e. The van der Waals surface area contributed by atoms with Gasteiger partial charge in [0.15, 0.2) is 17.3 Å². The molecule has 0 N–H and O–H groups in total. The minimum atomic E-state index is -0.771. The Morgan fingerprint density at radius 2 is 1.60 bits per heavy atom. The highest BCUT2D eigenvalue weighted by molar-refractivity contribution is 5.99. The Morgan fingerprint density at radius 3 is 2.08 bits per heavy atom. The fourth-order valence-corrected chi connectivity index (χ4v) is 2.15. The van der Waals surface area contributed by atoms with Gasteiger partial charge in [-0.3, -0.25) is 14.9 Å². The van der Waals surface area contributed by atoms with Crippen molar-refractivity contribution in [1.29, 1.82) is 0 Å². The van der Waals surface area contributed by atoms with Gasteiger partial charge in [-0.05, 0) is 31.2 Å². The minimum absolute atomic E-state index is 0.0407. The van der Waals surface area contributed by atoms with E-state index in [-0.39, 0.29) is 39.8 Å². The molecule has 2 aromatic rings. The predicted octanol–water partition coefficient (Wildman–Crippen LogP) is 3.03. The Labute approximate surface area is 143 Å². The average Bonchev–Trinajstić information content (AvgIpc) is 2.61. The lowest BCUT2D eigenvalue weighted by molar-refractivity contribution is -0.384. The molecule has 130 valence electrons. The third-order valence-corrected chi connectivity index (χ3v) is 3.39. The third-order valence-electron chi connectivity index (χ3n) is 3.39. The number of nitro benzene ring substituents is 1. The number of benzene rings is 2. The monoisotopic (exact) mass is 345 g/mol. The molecule has 0 unspecified atom stereocenters. The summed E-state index contributed by atoms with van der Waals surface area (Å²) in [7, 11) is 2.72. The summed E-state index contributed by atoms with van der Waals surface area (Å²) in [6.07, 6.45) is 0. The van der Waals surface area contributed by atoms with Crippen molar-refractivity contribution < 1.29 is 28.7 Å². The van der Waals surface area contributed by atoms with Crippen LogP contribution in [0.2, 0.25) is 0 Å². The standard InChI is InChI=1S/C17H15NO7/c1-10(19)13-8-9-14(23-2)16(15(13)24-3)25-17(20)11-4-6-12(7-5-11)18(21)22/h4-9H,1-3H3. The zero-order valence-electron chi connectivity index (χ0n) is 13.8. The molecule has 2 rings (SSSR count). The fourth-order valence-electron chi connectivity index (χ4n) is 2.15. The Balaban J connectivity index is 2.40. The van der Waals surface area contributed by atoms with Gasteiger partial charge in [0.2, 0.25) is 5.75 Å². The number of nitro groups is 1. The van der Waals surface area contributed by atoms with Gasteiger partial charge in [0.1, 0.15) is 0 Å². The number of methoxy groups -OCH3 is 2. The maximum absolute atomic E-state index is 12.3. The molecular formula is C17H15NO7. The first-order chi connectivity index (χ1) is 11.9. The quantitative estimate of drug-likeness (QED) is 0.260. The Morgan fingerprint density at radius 1 is 0.960 bits per heavy atom. The van der Waals surface area contributed by atoms with E-state index in [0.717, 1.165) is 0 Å². The molecule has 8 heteroatoms. The number of Topliss-reactive ketones (excluding diaryl/α,β-unsaturated/α-hetero) is 1. The summed E-state index contributed by atoms with van der Waals surface area (Å²) in [6.45, 7) is 1.35. The maximum Gasteiger partial charge on any atom is 0.343 e. The zero-order valence-corrected chi connectivity index (χ0v) is 13.8. The molecule has 0 aliphatic heterocycles. The molecule has 0 fully saturated rings. The highest BCUT2D eigenvalue weighted by atomic mass is 16.6. The van der Waals surface area contributed by atoms with E-state index in [4.69, 9.17) is 14.2 Å². The number of nitrogens with zero attached hydrogens (tertiary/aromatic N) is 1. The van der Waals surface area contributed by atoms with Crippen molar-refractivity contribution in [3.63, 3.8) is 0 Å².